The fourth-order valence-electron chi connectivity index (χ4n) is 6.57. The number of halogens is 1. The molecule has 1 aromatic heterocycles. The summed E-state index contributed by atoms with van der Waals surface area (Å²) in [5.41, 5.74) is 3.85. The SMILES string of the molecule is COc1ccc(C(CCCNC(=O)c2cnn(C)c2Cl)N(C)C(=O)c2c(C=O)cccc2N2CCN([C@H](C)c3ccccc3)CC2)cc1OC. The van der Waals surface area contributed by atoms with E-state index in [2.05, 4.69) is 51.4 Å². The van der Waals surface area contributed by atoms with E-state index < -0.39 is 6.04 Å². The van der Waals surface area contributed by atoms with Gasteiger partial charge in [-0.15, -0.1) is 0 Å². The highest BCUT2D eigenvalue weighted by molar-refractivity contribution is 6.32. The molecule has 0 saturated carbocycles. The number of ether oxygens (including phenoxy) is 2. The Morgan fingerprint density at radius 3 is 2.34 bits per heavy atom. The number of aromatic nitrogens is 2. The van der Waals surface area contributed by atoms with Crippen LogP contribution < -0.4 is 19.7 Å². The Kier molecular flexibility index (Phi) is 12.2. The van der Waals surface area contributed by atoms with Crippen LogP contribution in [-0.2, 0) is 7.05 Å². The number of carbonyl (C=O) groups is 3. The molecule has 0 aliphatic carbocycles. The first-order valence-electron chi connectivity index (χ1n) is 16.7. The summed E-state index contributed by atoms with van der Waals surface area (Å²) in [5.74, 6) is 0.512. The maximum Gasteiger partial charge on any atom is 0.256 e. The third-order valence-corrected chi connectivity index (χ3v) is 9.98. The van der Waals surface area contributed by atoms with E-state index in [9.17, 15) is 14.4 Å². The van der Waals surface area contributed by atoms with Crippen LogP contribution in [0.5, 0.6) is 11.5 Å². The summed E-state index contributed by atoms with van der Waals surface area (Å²) in [6, 6.07) is 21.3. The Hall–Kier alpha value is -4.87. The lowest BCUT2D eigenvalue weighted by Gasteiger charge is -2.40. The largest absolute Gasteiger partial charge is 0.493 e. The molecular weight excluding hydrogens is 656 g/mol. The minimum absolute atomic E-state index is 0.257. The molecule has 3 aromatic carbocycles. The van der Waals surface area contributed by atoms with Gasteiger partial charge in [0, 0.05) is 58.4 Å². The fraction of sp³-hybridized carbons (Fsp3) is 0.368. The molecule has 0 radical (unpaired) electrons. The molecule has 50 heavy (non-hydrogen) atoms. The number of hydrogen-bond donors (Lipinski definition) is 1. The highest BCUT2D eigenvalue weighted by Gasteiger charge is 2.30. The first-order valence-corrected chi connectivity index (χ1v) is 17.1. The van der Waals surface area contributed by atoms with E-state index >= 15 is 0 Å². The van der Waals surface area contributed by atoms with Crippen LogP contribution in [0.15, 0.2) is 72.9 Å². The lowest BCUT2D eigenvalue weighted by atomic mass is 9.97. The number of methoxy groups -OCH3 is 2. The van der Waals surface area contributed by atoms with Gasteiger partial charge < -0.3 is 24.6 Å². The molecule has 11 nitrogen and oxygen atoms in total. The zero-order valence-corrected chi connectivity index (χ0v) is 30.0. The molecule has 1 unspecified atom stereocenters. The van der Waals surface area contributed by atoms with E-state index in [0.29, 0.717) is 60.7 Å². The van der Waals surface area contributed by atoms with Crippen LogP contribution in [-0.4, -0.2) is 91.7 Å². The minimum Gasteiger partial charge on any atom is -0.493 e. The summed E-state index contributed by atoms with van der Waals surface area (Å²) in [5, 5.41) is 7.21. The molecule has 2 atom stereocenters. The van der Waals surface area contributed by atoms with Crippen molar-refractivity contribution in [3.8, 4) is 11.5 Å². The maximum absolute atomic E-state index is 14.6. The molecule has 1 N–H and O–H groups in total. The molecule has 5 rings (SSSR count). The highest BCUT2D eigenvalue weighted by atomic mass is 35.5. The van der Waals surface area contributed by atoms with E-state index in [0.717, 1.165) is 30.6 Å². The van der Waals surface area contributed by atoms with Gasteiger partial charge in [-0.25, -0.2) is 0 Å². The number of benzene rings is 3. The van der Waals surface area contributed by atoms with Crippen LogP contribution in [0.4, 0.5) is 5.69 Å². The van der Waals surface area contributed by atoms with Crippen LogP contribution in [0, 0.1) is 0 Å². The maximum atomic E-state index is 14.6. The highest BCUT2D eigenvalue weighted by Crippen LogP contribution is 2.36. The van der Waals surface area contributed by atoms with E-state index in [1.165, 1.54) is 16.4 Å². The van der Waals surface area contributed by atoms with Gasteiger partial charge in [0.25, 0.3) is 11.8 Å². The normalized spacial score (nSPS) is 14.5. The average molecular weight is 701 g/mol. The average Bonchev–Trinajstić information content (AvgIpc) is 3.50. The quantitative estimate of drug-likeness (QED) is 0.130. The molecule has 0 bridgehead atoms. The van der Waals surface area contributed by atoms with Gasteiger partial charge in [0.05, 0.1) is 43.3 Å². The Morgan fingerprint density at radius 2 is 1.70 bits per heavy atom. The van der Waals surface area contributed by atoms with Gasteiger partial charge in [0.15, 0.2) is 17.8 Å². The lowest BCUT2D eigenvalue weighted by Crippen LogP contribution is -2.48. The Bertz CT molecular complexity index is 1790. The predicted octanol–water partition coefficient (Wildman–Crippen LogP) is 5.81. The van der Waals surface area contributed by atoms with Crippen molar-refractivity contribution in [1.82, 2.24) is 24.9 Å². The van der Waals surface area contributed by atoms with Gasteiger partial charge in [-0.2, -0.15) is 5.10 Å². The molecule has 1 aliphatic heterocycles. The number of piperazine rings is 1. The topological polar surface area (TPSA) is 109 Å². The first-order chi connectivity index (χ1) is 24.2. The van der Waals surface area contributed by atoms with Gasteiger partial charge in [0.2, 0.25) is 0 Å². The Balaban J connectivity index is 1.37. The second kappa shape index (κ2) is 16.7. The van der Waals surface area contributed by atoms with Crippen molar-refractivity contribution < 1.29 is 23.9 Å². The van der Waals surface area contributed by atoms with Crippen molar-refractivity contribution in [1.29, 1.82) is 0 Å². The third kappa shape index (κ3) is 7.95. The van der Waals surface area contributed by atoms with Crippen molar-refractivity contribution in [3.63, 3.8) is 0 Å². The minimum atomic E-state index is -0.419. The molecule has 1 saturated heterocycles. The number of carbonyl (C=O) groups excluding carboxylic acids is 3. The molecule has 2 amide bonds. The summed E-state index contributed by atoms with van der Waals surface area (Å²) in [4.78, 5) is 46.1. The summed E-state index contributed by atoms with van der Waals surface area (Å²) >= 11 is 6.22. The summed E-state index contributed by atoms with van der Waals surface area (Å²) < 4.78 is 12.5. The van der Waals surface area contributed by atoms with E-state index in [1.807, 2.05) is 36.4 Å². The molecular formula is C38H45ClN6O5. The molecule has 264 valence electrons. The Labute approximate surface area is 298 Å². The third-order valence-electron chi connectivity index (χ3n) is 9.53. The van der Waals surface area contributed by atoms with Crippen LogP contribution in [0.25, 0.3) is 0 Å². The molecule has 1 fully saturated rings. The predicted molar refractivity (Wildman–Crippen MR) is 195 cm³/mol. The van der Waals surface area contributed by atoms with Gasteiger partial charge in [-0.05, 0) is 49.1 Å². The van der Waals surface area contributed by atoms with Gasteiger partial charge in [0.1, 0.15) is 5.15 Å². The van der Waals surface area contributed by atoms with Crippen molar-refractivity contribution in [2.24, 2.45) is 7.05 Å². The van der Waals surface area contributed by atoms with Crippen molar-refractivity contribution >= 4 is 35.4 Å². The number of nitrogens with zero attached hydrogens (tertiary/aromatic N) is 5. The fourth-order valence-corrected chi connectivity index (χ4v) is 6.75. The number of anilines is 1. The van der Waals surface area contributed by atoms with Crippen LogP contribution in [0.3, 0.4) is 0 Å². The molecule has 0 spiro atoms. The molecule has 4 aromatic rings. The van der Waals surface area contributed by atoms with Crippen LogP contribution >= 0.6 is 11.6 Å². The number of aldehydes is 1. The second-order valence-electron chi connectivity index (χ2n) is 12.4. The van der Waals surface area contributed by atoms with E-state index in [-0.39, 0.29) is 23.0 Å². The number of aryl methyl sites for hydroxylation is 1. The first kappa shape index (κ1) is 36.4. The van der Waals surface area contributed by atoms with Crippen molar-refractivity contribution in [2.45, 2.75) is 31.8 Å². The smallest absolute Gasteiger partial charge is 0.256 e. The van der Waals surface area contributed by atoms with Gasteiger partial charge in [-0.1, -0.05) is 60.1 Å². The standard InChI is InChI=1S/C38H45ClN6O5/c1-26(27-11-7-6-8-12-27)44-19-21-45(22-20-44)32-14-9-13-29(25-46)35(32)38(48)42(2)31(28-16-17-33(49-4)34(23-28)50-5)15-10-18-40-37(47)30-24-41-43(3)36(30)39/h6-9,11-14,16-17,23-26,31H,10,15,18-22H2,1-5H3,(H,40,47)/t26-,31?/m1/s1. The molecule has 12 heteroatoms. The molecule has 2 heterocycles. The zero-order chi connectivity index (χ0) is 35.8. The van der Waals surface area contributed by atoms with E-state index in [4.69, 9.17) is 21.1 Å². The summed E-state index contributed by atoms with van der Waals surface area (Å²) in [6.07, 6.45) is 3.24. The number of amides is 2. The lowest BCUT2D eigenvalue weighted by molar-refractivity contribution is 0.0716. The van der Waals surface area contributed by atoms with Crippen LogP contribution in [0.2, 0.25) is 5.15 Å². The van der Waals surface area contributed by atoms with Gasteiger partial charge >= 0.3 is 0 Å². The van der Waals surface area contributed by atoms with Crippen LogP contribution in [0.1, 0.15) is 74.0 Å². The number of hydrogen-bond acceptors (Lipinski definition) is 8. The van der Waals surface area contributed by atoms with Crippen molar-refractivity contribution in [2.75, 3.05) is 58.9 Å². The zero-order valence-electron chi connectivity index (χ0n) is 29.3. The van der Waals surface area contributed by atoms with E-state index in [1.54, 1.807) is 39.3 Å². The summed E-state index contributed by atoms with van der Waals surface area (Å²) in [7, 11) is 6.56. The second-order valence-corrected chi connectivity index (χ2v) is 12.7. The Morgan fingerprint density at radius 1 is 0.980 bits per heavy atom. The monoisotopic (exact) mass is 700 g/mol. The molecule has 1 aliphatic rings. The summed E-state index contributed by atoms with van der Waals surface area (Å²) in [6.45, 7) is 5.62. The van der Waals surface area contributed by atoms with Crippen molar-refractivity contribution in [3.05, 3.63) is 106 Å². The number of rotatable bonds is 14. The number of nitrogens with one attached hydrogen (secondary N) is 1. The van der Waals surface area contributed by atoms with Gasteiger partial charge in [-0.3, -0.25) is 24.0 Å².